The summed E-state index contributed by atoms with van der Waals surface area (Å²) in [6.45, 7) is 0. The molecule has 2 aromatic rings. The fourth-order valence-corrected chi connectivity index (χ4v) is 2.41. The lowest BCUT2D eigenvalue weighted by atomic mass is 10.2. The van der Waals surface area contributed by atoms with Gasteiger partial charge < -0.3 is 10.2 Å². The van der Waals surface area contributed by atoms with Crippen LogP contribution in [0.25, 0.3) is 0 Å². The number of pyridine rings is 1. The van der Waals surface area contributed by atoms with E-state index in [0.717, 1.165) is 5.69 Å². The molecule has 0 fully saturated rings. The van der Waals surface area contributed by atoms with Crippen LogP contribution in [-0.4, -0.2) is 25.0 Å². The Labute approximate surface area is 130 Å². The van der Waals surface area contributed by atoms with Crippen molar-refractivity contribution in [2.45, 2.75) is 0 Å². The number of anilines is 2. The second-order valence-corrected chi connectivity index (χ2v) is 5.60. The predicted octanol–water partition coefficient (Wildman–Crippen LogP) is 3.82. The van der Waals surface area contributed by atoms with Crippen LogP contribution in [-0.2, 0) is 0 Å². The topological polar surface area (TPSA) is 45.2 Å². The van der Waals surface area contributed by atoms with Crippen LogP contribution in [0.5, 0.6) is 0 Å². The summed E-state index contributed by atoms with van der Waals surface area (Å²) < 4.78 is 0.617. The maximum Gasteiger partial charge on any atom is 0.255 e. The van der Waals surface area contributed by atoms with Crippen molar-refractivity contribution < 1.29 is 4.79 Å². The van der Waals surface area contributed by atoms with Gasteiger partial charge in [0.2, 0.25) is 0 Å². The van der Waals surface area contributed by atoms with E-state index in [1.165, 1.54) is 0 Å². The van der Waals surface area contributed by atoms with Gasteiger partial charge in [0.1, 0.15) is 4.60 Å². The number of aromatic nitrogens is 1. The molecule has 1 N–H and O–H groups in total. The van der Waals surface area contributed by atoms with Crippen molar-refractivity contribution in [2.24, 2.45) is 0 Å². The number of hydrogen-bond donors (Lipinski definition) is 1. The Morgan fingerprint density at radius 3 is 2.65 bits per heavy atom. The SMILES string of the molecule is CN(C)c1ccc(NC(=O)c2ccnc(Br)c2)cc1Cl. The number of benzene rings is 1. The summed E-state index contributed by atoms with van der Waals surface area (Å²) in [5.74, 6) is -0.207. The first-order valence-corrected chi connectivity index (χ1v) is 7.04. The third kappa shape index (κ3) is 3.49. The van der Waals surface area contributed by atoms with Gasteiger partial charge >= 0.3 is 0 Å². The summed E-state index contributed by atoms with van der Waals surface area (Å²) in [6.07, 6.45) is 1.57. The molecule has 6 heteroatoms. The maximum atomic E-state index is 12.1. The molecule has 0 radical (unpaired) electrons. The molecular formula is C14H13BrClN3O. The lowest BCUT2D eigenvalue weighted by Crippen LogP contribution is -2.13. The minimum atomic E-state index is -0.207. The predicted molar refractivity (Wildman–Crippen MR) is 85.7 cm³/mol. The van der Waals surface area contributed by atoms with Crippen molar-refractivity contribution >= 4 is 44.8 Å². The van der Waals surface area contributed by atoms with Crippen LogP contribution in [0.4, 0.5) is 11.4 Å². The molecule has 0 unspecified atom stereocenters. The standard InChI is InChI=1S/C14H13BrClN3O/c1-19(2)12-4-3-10(8-11(12)16)18-14(20)9-5-6-17-13(15)7-9/h3-8H,1-2H3,(H,18,20). The van der Waals surface area contributed by atoms with Gasteiger partial charge in [-0.25, -0.2) is 4.98 Å². The van der Waals surface area contributed by atoms with Crippen molar-refractivity contribution in [3.63, 3.8) is 0 Å². The number of carbonyl (C=O) groups is 1. The van der Waals surface area contributed by atoms with Crippen LogP contribution < -0.4 is 10.2 Å². The monoisotopic (exact) mass is 353 g/mol. The number of nitrogens with zero attached hydrogens (tertiary/aromatic N) is 2. The smallest absolute Gasteiger partial charge is 0.255 e. The molecule has 0 aliphatic rings. The molecule has 4 nitrogen and oxygen atoms in total. The summed E-state index contributed by atoms with van der Waals surface area (Å²) in [4.78, 5) is 18.0. The molecule has 0 atom stereocenters. The van der Waals surface area contributed by atoms with Gasteiger partial charge in [-0.3, -0.25) is 4.79 Å². The molecule has 0 saturated heterocycles. The van der Waals surface area contributed by atoms with Crippen molar-refractivity contribution in [3.05, 3.63) is 51.7 Å². The van der Waals surface area contributed by atoms with Crippen molar-refractivity contribution in [3.8, 4) is 0 Å². The fraction of sp³-hybridized carbons (Fsp3) is 0.143. The van der Waals surface area contributed by atoms with E-state index in [2.05, 4.69) is 26.2 Å². The second kappa shape index (κ2) is 6.24. The first kappa shape index (κ1) is 14.8. The van der Waals surface area contributed by atoms with Gasteiger partial charge in [-0.1, -0.05) is 11.6 Å². The average Bonchev–Trinajstić information content (AvgIpc) is 2.38. The second-order valence-electron chi connectivity index (χ2n) is 4.38. The molecule has 1 aromatic heterocycles. The van der Waals surface area contributed by atoms with Gasteiger partial charge in [0.25, 0.3) is 5.91 Å². The number of nitrogens with one attached hydrogen (secondary N) is 1. The van der Waals surface area contributed by atoms with Gasteiger partial charge in [0, 0.05) is 31.5 Å². The Bertz CT molecular complexity index is 646. The Balaban J connectivity index is 2.18. The Morgan fingerprint density at radius 1 is 1.30 bits per heavy atom. The summed E-state index contributed by atoms with van der Waals surface area (Å²) in [7, 11) is 3.82. The summed E-state index contributed by atoms with van der Waals surface area (Å²) in [6, 6.07) is 8.71. The van der Waals surface area contributed by atoms with Gasteiger partial charge in [0.05, 0.1) is 10.7 Å². The van der Waals surface area contributed by atoms with E-state index in [-0.39, 0.29) is 5.91 Å². The zero-order valence-corrected chi connectivity index (χ0v) is 13.4. The van der Waals surface area contributed by atoms with E-state index < -0.39 is 0 Å². The van der Waals surface area contributed by atoms with E-state index >= 15 is 0 Å². The quantitative estimate of drug-likeness (QED) is 0.852. The molecule has 104 valence electrons. The molecule has 0 aliphatic heterocycles. The highest BCUT2D eigenvalue weighted by Crippen LogP contribution is 2.27. The van der Waals surface area contributed by atoms with E-state index in [9.17, 15) is 4.79 Å². The molecule has 20 heavy (non-hydrogen) atoms. The Kier molecular flexibility index (Phi) is 4.62. The lowest BCUT2D eigenvalue weighted by Gasteiger charge is -2.15. The Hall–Kier alpha value is -1.59. The van der Waals surface area contributed by atoms with E-state index in [1.54, 1.807) is 24.4 Å². The molecule has 0 aliphatic carbocycles. The van der Waals surface area contributed by atoms with Crippen molar-refractivity contribution in [1.82, 2.24) is 4.98 Å². The van der Waals surface area contributed by atoms with Gasteiger partial charge in [0.15, 0.2) is 0 Å². The van der Waals surface area contributed by atoms with Crippen LogP contribution in [0, 0.1) is 0 Å². The minimum Gasteiger partial charge on any atom is -0.376 e. The summed E-state index contributed by atoms with van der Waals surface area (Å²) in [5, 5.41) is 3.39. The third-order valence-corrected chi connectivity index (χ3v) is 3.41. The zero-order chi connectivity index (χ0) is 14.7. The fourth-order valence-electron chi connectivity index (χ4n) is 1.69. The maximum absolute atomic E-state index is 12.1. The van der Waals surface area contributed by atoms with Crippen LogP contribution in [0.15, 0.2) is 41.1 Å². The van der Waals surface area contributed by atoms with Crippen LogP contribution in [0.1, 0.15) is 10.4 Å². The highest BCUT2D eigenvalue weighted by Gasteiger charge is 2.09. The highest BCUT2D eigenvalue weighted by atomic mass is 79.9. The number of halogens is 2. The number of hydrogen-bond acceptors (Lipinski definition) is 3. The molecule has 1 aromatic carbocycles. The normalized spacial score (nSPS) is 10.2. The van der Waals surface area contributed by atoms with E-state index in [0.29, 0.717) is 20.9 Å². The molecule has 0 saturated carbocycles. The van der Waals surface area contributed by atoms with Crippen molar-refractivity contribution in [2.75, 3.05) is 24.3 Å². The van der Waals surface area contributed by atoms with Crippen molar-refractivity contribution in [1.29, 1.82) is 0 Å². The number of carbonyl (C=O) groups excluding carboxylic acids is 1. The largest absolute Gasteiger partial charge is 0.376 e. The first-order chi connectivity index (χ1) is 9.47. The molecule has 0 bridgehead atoms. The number of amides is 1. The van der Waals surface area contributed by atoms with Crippen LogP contribution in [0.3, 0.4) is 0 Å². The molecule has 1 amide bonds. The van der Waals surface area contributed by atoms with Gasteiger partial charge in [-0.05, 0) is 46.3 Å². The molecule has 1 heterocycles. The Morgan fingerprint density at radius 2 is 2.05 bits per heavy atom. The van der Waals surface area contributed by atoms with Gasteiger partial charge in [-0.15, -0.1) is 0 Å². The first-order valence-electron chi connectivity index (χ1n) is 5.87. The minimum absolute atomic E-state index is 0.207. The van der Waals surface area contributed by atoms with Gasteiger partial charge in [-0.2, -0.15) is 0 Å². The van der Waals surface area contributed by atoms with E-state index in [4.69, 9.17) is 11.6 Å². The highest BCUT2D eigenvalue weighted by molar-refractivity contribution is 9.10. The number of rotatable bonds is 3. The van der Waals surface area contributed by atoms with E-state index in [1.807, 2.05) is 31.1 Å². The third-order valence-electron chi connectivity index (χ3n) is 2.68. The summed E-state index contributed by atoms with van der Waals surface area (Å²) >= 11 is 9.40. The molecule has 2 rings (SSSR count). The zero-order valence-electron chi connectivity index (χ0n) is 11.0. The molecule has 0 spiro atoms. The van der Waals surface area contributed by atoms with Crippen LogP contribution in [0.2, 0.25) is 5.02 Å². The van der Waals surface area contributed by atoms with Crippen LogP contribution >= 0.6 is 27.5 Å². The molecular weight excluding hydrogens is 342 g/mol. The lowest BCUT2D eigenvalue weighted by molar-refractivity contribution is 0.102. The average molecular weight is 355 g/mol. The summed E-state index contributed by atoms with van der Waals surface area (Å²) in [5.41, 5.74) is 2.08.